The number of hydrogen-bond donors (Lipinski definition) is 4. The number of nitrogens with zero attached hydrogens (tertiary/aromatic N) is 1. The van der Waals surface area contributed by atoms with Gasteiger partial charge in [0.15, 0.2) is 0 Å². The second kappa shape index (κ2) is 18.8. The topological polar surface area (TPSA) is 147 Å². The average Bonchev–Trinajstić information content (AvgIpc) is 3.01. The molecule has 1 aliphatic rings. The molecule has 0 unspecified atom stereocenters. The zero-order valence-corrected chi connectivity index (χ0v) is 26.8. The smallest absolute Gasteiger partial charge is 0.268 e. The third kappa shape index (κ3) is 11.5. The van der Waals surface area contributed by atoms with E-state index in [1.54, 1.807) is 36.7 Å². The van der Waals surface area contributed by atoms with E-state index in [-0.39, 0.29) is 55.3 Å². The summed E-state index contributed by atoms with van der Waals surface area (Å²) in [6.07, 6.45) is 7.66. The lowest BCUT2D eigenvalue weighted by molar-refractivity contribution is 0.0969. The Kier molecular flexibility index (Phi) is 15.9. The molecule has 10 nitrogen and oxygen atoms in total. The van der Waals surface area contributed by atoms with Gasteiger partial charge in [0.05, 0.1) is 23.5 Å². The fourth-order valence-corrected chi connectivity index (χ4v) is 5.77. The van der Waals surface area contributed by atoms with Crippen LogP contribution >= 0.6 is 24.8 Å². The Morgan fingerprint density at radius 2 is 1.75 bits per heavy atom. The van der Waals surface area contributed by atoms with E-state index in [0.717, 1.165) is 48.8 Å². The van der Waals surface area contributed by atoms with Gasteiger partial charge in [-0.1, -0.05) is 30.7 Å². The standard InChI is InChI=1S/C31H39N3O7S.2ClH/c35-17-5-19-42(38,39)34-31(37)28-14-11-24(20-30(28)41-27-7-2-1-3-8-27)23-9-12-26(13-10-23)40-18-16-33-22-29(36)25-6-4-15-32-21-25;;/h4,6,9-15,20-21,27,29,33,35-36H,1-3,5,7-8,16-19,22H2,(H,34,37);2*1H/t29-;;/m1../s1. The second-order valence-corrected chi connectivity index (χ2v) is 12.1. The maximum atomic E-state index is 13.0. The number of amides is 1. The number of ether oxygens (including phenoxy) is 2. The van der Waals surface area contributed by atoms with Gasteiger partial charge in [-0.15, -0.1) is 24.8 Å². The van der Waals surface area contributed by atoms with Gasteiger partial charge in [-0.2, -0.15) is 0 Å². The predicted octanol–water partition coefficient (Wildman–Crippen LogP) is 4.45. The quantitative estimate of drug-likeness (QED) is 0.172. The Bertz CT molecular complexity index is 1390. The highest BCUT2D eigenvalue weighted by atomic mass is 35.5. The van der Waals surface area contributed by atoms with Crippen molar-refractivity contribution in [2.24, 2.45) is 0 Å². The molecule has 0 radical (unpaired) electrons. The lowest BCUT2D eigenvalue weighted by atomic mass is 9.97. The summed E-state index contributed by atoms with van der Waals surface area (Å²) in [5, 5.41) is 22.3. The number of nitrogens with one attached hydrogen (secondary N) is 2. The number of aliphatic hydroxyl groups is 2. The van der Waals surface area contributed by atoms with Crippen molar-refractivity contribution in [3.63, 3.8) is 0 Å². The molecule has 1 atom stereocenters. The molecule has 242 valence electrons. The van der Waals surface area contributed by atoms with Crippen LogP contribution in [0, 0.1) is 0 Å². The van der Waals surface area contributed by atoms with Gasteiger partial charge in [-0.25, -0.2) is 13.1 Å². The first-order valence-electron chi connectivity index (χ1n) is 14.3. The summed E-state index contributed by atoms with van der Waals surface area (Å²) in [4.78, 5) is 17.0. The van der Waals surface area contributed by atoms with Crippen molar-refractivity contribution in [1.29, 1.82) is 0 Å². The fraction of sp³-hybridized carbons (Fsp3) is 0.419. The highest BCUT2D eigenvalue weighted by molar-refractivity contribution is 7.90. The van der Waals surface area contributed by atoms with Crippen LogP contribution in [0.4, 0.5) is 0 Å². The third-order valence-electron chi connectivity index (χ3n) is 7.03. The Morgan fingerprint density at radius 3 is 2.43 bits per heavy atom. The van der Waals surface area contributed by atoms with Crippen LogP contribution < -0.4 is 19.5 Å². The molecule has 0 bridgehead atoms. The molecule has 1 amide bonds. The van der Waals surface area contributed by atoms with E-state index < -0.39 is 22.0 Å². The predicted molar refractivity (Wildman–Crippen MR) is 174 cm³/mol. The number of rotatable bonds is 15. The summed E-state index contributed by atoms with van der Waals surface area (Å²) >= 11 is 0. The minimum Gasteiger partial charge on any atom is -0.492 e. The molecule has 1 saturated carbocycles. The summed E-state index contributed by atoms with van der Waals surface area (Å²) in [6.45, 7) is 1.09. The molecule has 1 aliphatic carbocycles. The van der Waals surface area contributed by atoms with Crippen LogP contribution in [0.2, 0.25) is 0 Å². The number of hydrogen-bond acceptors (Lipinski definition) is 9. The van der Waals surface area contributed by atoms with Crippen molar-refractivity contribution >= 4 is 40.7 Å². The van der Waals surface area contributed by atoms with E-state index in [1.807, 2.05) is 30.3 Å². The summed E-state index contributed by atoms with van der Waals surface area (Å²) in [6, 6.07) is 16.3. The maximum absolute atomic E-state index is 13.0. The first kappa shape index (κ1) is 37.3. The molecule has 13 heteroatoms. The monoisotopic (exact) mass is 669 g/mol. The van der Waals surface area contributed by atoms with Crippen LogP contribution in [0.15, 0.2) is 67.0 Å². The first-order valence-corrected chi connectivity index (χ1v) is 16.0. The molecular weight excluding hydrogens is 629 g/mol. The van der Waals surface area contributed by atoms with Crippen molar-refractivity contribution < 1.29 is 32.9 Å². The minimum atomic E-state index is -3.89. The van der Waals surface area contributed by atoms with Crippen LogP contribution in [0.3, 0.4) is 0 Å². The van der Waals surface area contributed by atoms with E-state index in [1.165, 1.54) is 0 Å². The Hall–Kier alpha value is -2.93. The van der Waals surface area contributed by atoms with E-state index in [4.69, 9.17) is 14.6 Å². The Morgan fingerprint density at radius 1 is 1.02 bits per heavy atom. The summed E-state index contributed by atoms with van der Waals surface area (Å²) in [7, 11) is -3.89. The molecule has 0 spiro atoms. The van der Waals surface area contributed by atoms with Gasteiger partial charge < -0.3 is 25.0 Å². The number of halogens is 2. The molecule has 1 heterocycles. The molecule has 4 rings (SSSR count). The van der Waals surface area contributed by atoms with Crippen LogP contribution in [-0.4, -0.2) is 67.7 Å². The molecule has 44 heavy (non-hydrogen) atoms. The third-order valence-corrected chi connectivity index (χ3v) is 8.36. The molecule has 4 N–H and O–H groups in total. The van der Waals surface area contributed by atoms with Crippen molar-refractivity contribution in [3.05, 3.63) is 78.1 Å². The van der Waals surface area contributed by atoms with E-state index in [9.17, 15) is 18.3 Å². The van der Waals surface area contributed by atoms with Crippen molar-refractivity contribution in [2.45, 2.75) is 50.7 Å². The number of benzene rings is 2. The van der Waals surface area contributed by atoms with Gasteiger partial charge in [0, 0.05) is 37.7 Å². The van der Waals surface area contributed by atoms with Crippen LogP contribution in [0.5, 0.6) is 11.5 Å². The second-order valence-electron chi connectivity index (χ2n) is 10.3. The fourth-order valence-electron chi connectivity index (χ4n) is 4.77. The number of pyridine rings is 1. The van der Waals surface area contributed by atoms with Crippen molar-refractivity contribution in [2.75, 3.05) is 32.1 Å². The van der Waals surface area contributed by atoms with E-state index in [2.05, 4.69) is 15.0 Å². The van der Waals surface area contributed by atoms with Crippen molar-refractivity contribution in [1.82, 2.24) is 15.0 Å². The van der Waals surface area contributed by atoms with E-state index in [0.29, 0.717) is 31.2 Å². The highest BCUT2D eigenvalue weighted by Crippen LogP contribution is 2.32. The Balaban J connectivity index is 0.00000337. The molecule has 0 aliphatic heterocycles. The lowest BCUT2D eigenvalue weighted by Crippen LogP contribution is -2.33. The first-order chi connectivity index (χ1) is 20.3. The van der Waals surface area contributed by atoms with Crippen LogP contribution in [0.1, 0.15) is 60.6 Å². The molecule has 2 aromatic carbocycles. The number of sulfonamides is 1. The minimum absolute atomic E-state index is 0. The van der Waals surface area contributed by atoms with Gasteiger partial charge in [0.25, 0.3) is 5.91 Å². The number of aliphatic hydroxyl groups excluding tert-OH is 2. The highest BCUT2D eigenvalue weighted by Gasteiger charge is 2.23. The maximum Gasteiger partial charge on any atom is 0.268 e. The molecular formula is C31H41Cl2N3O7S. The van der Waals surface area contributed by atoms with Crippen LogP contribution in [0.25, 0.3) is 11.1 Å². The van der Waals surface area contributed by atoms with E-state index >= 15 is 0 Å². The normalized spacial score (nSPS) is 14.0. The van der Waals surface area contributed by atoms with Gasteiger partial charge in [-0.3, -0.25) is 9.78 Å². The summed E-state index contributed by atoms with van der Waals surface area (Å²) in [5.74, 6) is -0.0647. The Labute approximate surface area is 271 Å². The number of carbonyl (C=O) groups is 1. The van der Waals surface area contributed by atoms with Crippen molar-refractivity contribution in [3.8, 4) is 22.6 Å². The molecule has 1 aromatic heterocycles. The molecule has 3 aromatic rings. The molecule has 1 fully saturated rings. The summed E-state index contributed by atoms with van der Waals surface area (Å²) < 4.78 is 38.8. The van der Waals surface area contributed by atoms with Gasteiger partial charge in [0.2, 0.25) is 10.0 Å². The van der Waals surface area contributed by atoms with Gasteiger partial charge >= 0.3 is 0 Å². The largest absolute Gasteiger partial charge is 0.492 e. The zero-order chi connectivity index (χ0) is 29.8. The van der Waals surface area contributed by atoms with Gasteiger partial charge in [0.1, 0.15) is 18.1 Å². The number of aromatic nitrogens is 1. The molecule has 0 saturated heterocycles. The lowest BCUT2D eigenvalue weighted by Gasteiger charge is -2.24. The van der Waals surface area contributed by atoms with Crippen LogP contribution in [-0.2, 0) is 10.0 Å². The summed E-state index contributed by atoms with van der Waals surface area (Å²) in [5.41, 5.74) is 2.61. The SMILES string of the molecule is Cl.Cl.O=C(NS(=O)(=O)CCCO)c1ccc(-c2ccc(OCCNC[C@@H](O)c3cccnc3)cc2)cc1OC1CCCCC1. The van der Waals surface area contributed by atoms with Gasteiger partial charge in [-0.05, 0) is 73.6 Å². The number of carbonyl (C=O) groups excluding carboxylic acids is 1. The zero-order valence-electron chi connectivity index (χ0n) is 24.4. The average molecular weight is 671 g/mol.